The van der Waals surface area contributed by atoms with Crippen molar-refractivity contribution in [2.45, 2.75) is 11.3 Å². The molecule has 1 fully saturated rings. The van der Waals surface area contributed by atoms with Crippen molar-refractivity contribution < 1.29 is 32.2 Å². The summed E-state index contributed by atoms with van der Waals surface area (Å²) in [6.45, 7) is 1.34. The normalized spacial score (nSPS) is 14.7. The first kappa shape index (κ1) is 22.9. The van der Waals surface area contributed by atoms with Gasteiger partial charge < -0.3 is 24.3 Å². The molecule has 9 nitrogen and oxygen atoms in total. The van der Waals surface area contributed by atoms with E-state index in [9.17, 15) is 13.2 Å². The molecule has 0 spiro atoms. The van der Waals surface area contributed by atoms with E-state index in [1.54, 1.807) is 24.3 Å². The number of carbonyl (C=O) groups excluding carboxylic acids is 1. The zero-order chi connectivity index (χ0) is 22.4. The number of anilines is 1. The number of ether oxygens (including phenoxy) is 4. The van der Waals surface area contributed by atoms with Gasteiger partial charge in [-0.15, -0.1) is 0 Å². The highest BCUT2D eigenvalue weighted by Crippen LogP contribution is 2.38. The van der Waals surface area contributed by atoms with Crippen molar-refractivity contribution in [3.05, 3.63) is 42.0 Å². The smallest absolute Gasteiger partial charge is 0.243 e. The van der Waals surface area contributed by atoms with Crippen molar-refractivity contribution in [2.75, 3.05) is 52.9 Å². The van der Waals surface area contributed by atoms with Crippen molar-refractivity contribution in [3.8, 4) is 17.2 Å². The van der Waals surface area contributed by atoms with Gasteiger partial charge in [-0.05, 0) is 35.9 Å². The Hall–Kier alpha value is -2.82. The molecule has 1 amide bonds. The van der Waals surface area contributed by atoms with Crippen LogP contribution in [-0.4, -0.2) is 66.3 Å². The van der Waals surface area contributed by atoms with Crippen LogP contribution >= 0.6 is 0 Å². The second-order valence-corrected chi connectivity index (χ2v) is 8.74. The molecule has 2 aromatic rings. The first-order chi connectivity index (χ1) is 14.9. The highest BCUT2D eigenvalue weighted by Gasteiger charge is 2.26. The molecule has 0 unspecified atom stereocenters. The number of carbonyl (C=O) groups is 1. The largest absolute Gasteiger partial charge is 0.493 e. The van der Waals surface area contributed by atoms with E-state index in [4.69, 9.17) is 18.9 Å². The highest BCUT2D eigenvalue weighted by molar-refractivity contribution is 7.89. The maximum absolute atomic E-state index is 12.8. The topological polar surface area (TPSA) is 103 Å². The van der Waals surface area contributed by atoms with Crippen LogP contribution in [0.4, 0.5) is 5.69 Å². The van der Waals surface area contributed by atoms with Crippen LogP contribution in [0.15, 0.2) is 41.3 Å². The summed E-state index contributed by atoms with van der Waals surface area (Å²) in [6, 6.07) is 9.60. The fraction of sp³-hybridized carbons (Fsp3) is 0.381. The Morgan fingerprint density at radius 3 is 2.26 bits per heavy atom. The van der Waals surface area contributed by atoms with E-state index in [0.29, 0.717) is 54.8 Å². The third kappa shape index (κ3) is 5.27. The molecule has 0 saturated carbocycles. The van der Waals surface area contributed by atoms with Crippen LogP contribution in [0.5, 0.6) is 17.2 Å². The summed E-state index contributed by atoms with van der Waals surface area (Å²) in [5, 5.41) is 2.75. The van der Waals surface area contributed by atoms with Gasteiger partial charge in [-0.2, -0.15) is 4.31 Å². The molecule has 1 aliphatic heterocycles. The predicted octanol–water partition coefficient (Wildman–Crippen LogP) is 1.91. The first-order valence-corrected chi connectivity index (χ1v) is 11.1. The zero-order valence-corrected chi connectivity index (χ0v) is 18.5. The minimum Gasteiger partial charge on any atom is -0.493 e. The SMILES string of the molecule is COc1cc(CC(=O)Nc2cccc(S(=O)(=O)N3CCOCC3)c2)cc(OC)c1OC. The number of hydrogen-bond donors (Lipinski definition) is 1. The Kier molecular flexibility index (Phi) is 7.37. The molecule has 168 valence electrons. The van der Waals surface area contributed by atoms with Gasteiger partial charge in [0.2, 0.25) is 21.7 Å². The monoisotopic (exact) mass is 450 g/mol. The van der Waals surface area contributed by atoms with Crippen molar-refractivity contribution in [1.82, 2.24) is 4.31 Å². The van der Waals surface area contributed by atoms with Crippen molar-refractivity contribution in [2.24, 2.45) is 0 Å². The summed E-state index contributed by atoms with van der Waals surface area (Å²) >= 11 is 0. The van der Waals surface area contributed by atoms with Crippen LogP contribution in [0.3, 0.4) is 0 Å². The number of hydrogen-bond acceptors (Lipinski definition) is 7. The molecule has 0 aliphatic carbocycles. The number of benzene rings is 2. The summed E-state index contributed by atoms with van der Waals surface area (Å²) in [6.07, 6.45) is 0.0388. The molecule has 1 saturated heterocycles. The van der Waals surface area contributed by atoms with E-state index in [-0.39, 0.29) is 17.2 Å². The first-order valence-electron chi connectivity index (χ1n) is 9.65. The molecule has 1 N–H and O–H groups in total. The maximum Gasteiger partial charge on any atom is 0.243 e. The quantitative estimate of drug-likeness (QED) is 0.655. The molecule has 1 heterocycles. The van der Waals surface area contributed by atoms with Gasteiger partial charge in [-0.1, -0.05) is 6.07 Å². The van der Waals surface area contributed by atoms with Gasteiger partial charge in [-0.25, -0.2) is 8.42 Å². The van der Waals surface area contributed by atoms with Gasteiger partial charge in [0, 0.05) is 18.8 Å². The van der Waals surface area contributed by atoms with Gasteiger partial charge in [-0.3, -0.25) is 4.79 Å². The minimum absolute atomic E-state index is 0.0388. The van der Waals surface area contributed by atoms with Crippen molar-refractivity contribution in [3.63, 3.8) is 0 Å². The van der Waals surface area contributed by atoms with E-state index >= 15 is 0 Å². The average molecular weight is 451 g/mol. The lowest BCUT2D eigenvalue weighted by atomic mass is 10.1. The molecule has 0 aromatic heterocycles. The van der Waals surface area contributed by atoms with Crippen molar-refractivity contribution in [1.29, 1.82) is 0 Å². The van der Waals surface area contributed by atoms with Gasteiger partial charge in [0.1, 0.15) is 0 Å². The van der Waals surface area contributed by atoms with E-state index in [0.717, 1.165) is 0 Å². The van der Waals surface area contributed by atoms with Crippen molar-refractivity contribution >= 4 is 21.6 Å². The number of nitrogens with one attached hydrogen (secondary N) is 1. The number of methoxy groups -OCH3 is 3. The molecule has 3 rings (SSSR count). The standard InChI is InChI=1S/C21H26N2O7S/c1-27-18-11-15(12-19(28-2)21(18)29-3)13-20(24)22-16-5-4-6-17(14-16)31(25,26)23-7-9-30-10-8-23/h4-6,11-12,14H,7-10,13H2,1-3H3,(H,22,24). The number of amides is 1. The third-order valence-electron chi connectivity index (χ3n) is 4.81. The van der Waals surface area contributed by atoms with Crippen LogP contribution in [0.2, 0.25) is 0 Å². The summed E-state index contributed by atoms with van der Waals surface area (Å²) in [4.78, 5) is 12.7. The third-order valence-corrected chi connectivity index (χ3v) is 6.71. The lowest BCUT2D eigenvalue weighted by Crippen LogP contribution is -2.40. The molecule has 0 bridgehead atoms. The number of nitrogens with zero attached hydrogens (tertiary/aromatic N) is 1. The molecule has 31 heavy (non-hydrogen) atoms. The number of sulfonamides is 1. The highest BCUT2D eigenvalue weighted by atomic mass is 32.2. The Labute approximate surface area is 181 Å². The molecule has 2 aromatic carbocycles. The minimum atomic E-state index is -3.65. The van der Waals surface area contributed by atoms with E-state index in [1.165, 1.54) is 37.8 Å². The lowest BCUT2D eigenvalue weighted by molar-refractivity contribution is -0.115. The van der Waals surface area contributed by atoms with E-state index < -0.39 is 10.0 Å². The summed E-state index contributed by atoms with van der Waals surface area (Å²) in [5.74, 6) is 1.02. The Bertz CT molecular complexity index is 1010. The molecule has 0 radical (unpaired) electrons. The number of rotatable bonds is 8. The molecule has 10 heteroatoms. The van der Waals surface area contributed by atoms with E-state index in [2.05, 4.69) is 5.32 Å². The Morgan fingerprint density at radius 1 is 1.03 bits per heavy atom. The molecular weight excluding hydrogens is 424 g/mol. The molecular formula is C21H26N2O7S. The van der Waals surface area contributed by atoms with Crippen LogP contribution < -0.4 is 19.5 Å². The molecule has 1 aliphatic rings. The van der Waals surface area contributed by atoms with Gasteiger partial charge in [0.05, 0.1) is 45.9 Å². The Balaban J connectivity index is 1.75. The van der Waals surface area contributed by atoms with Crippen LogP contribution in [0.25, 0.3) is 0 Å². The van der Waals surface area contributed by atoms with Crippen LogP contribution in [0, 0.1) is 0 Å². The zero-order valence-electron chi connectivity index (χ0n) is 17.7. The fourth-order valence-electron chi connectivity index (χ4n) is 3.30. The van der Waals surface area contributed by atoms with E-state index in [1.807, 2.05) is 0 Å². The van der Waals surface area contributed by atoms with Gasteiger partial charge in [0.15, 0.2) is 11.5 Å². The van der Waals surface area contributed by atoms with Gasteiger partial charge in [0.25, 0.3) is 0 Å². The second-order valence-electron chi connectivity index (χ2n) is 6.80. The predicted molar refractivity (Wildman–Crippen MR) is 114 cm³/mol. The fourth-order valence-corrected chi connectivity index (χ4v) is 4.75. The summed E-state index contributed by atoms with van der Waals surface area (Å²) in [5.41, 5.74) is 1.05. The lowest BCUT2D eigenvalue weighted by Gasteiger charge is -2.26. The Morgan fingerprint density at radius 2 is 1.68 bits per heavy atom. The molecule has 0 atom stereocenters. The maximum atomic E-state index is 12.8. The van der Waals surface area contributed by atoms with Gasteiger partial charge >= 0.3 is 0 Å². The summed E-state index contributed by atoms with van der Waals surface area (Å²) < 4.78 is 48.2. The van der Waals surface area contributed by atoms with Crippen LogP contribution in [-0.2, 0) is 26.0 Å². The second kappa shape index (κ2) is 9.99. The van der Waals surface area contributed by atoms with Crippen LogP contribution in [0.1, 0.15) is 5.56 Å². The number of morpholine rings is 1. The summed E-state index contributed by atoms with van der Waals surface area (Å²) in [7, 11) is 0.858. The average Bonchev–Trinajstić information content (AvgIpc) is 2.79.